The lowest BCUT2D eigenvalue weighted by molar-refractivity contribution is 0.332. The first kappa shape index (κ1) is 15.4. The maximum Gasteiger partial charge on any atom is 0.191 e. The number of thioether (sulfide) groups is 1. The predicted molar refractivity (Wildman–Crippen MR) is 88.5 cm³/mol. The summed E-state index contributed by atoms with van der Waals surface area (Å²) in [6, 6.07) is 9.91. The van der Waals surface area contributed by atoms with E-state index in [1.807, 2.05) is 37.6 Å². The van der Waals surface area contributed by atoms with Crippen LogP contribution in [0.3, 0.4) is 0 Å². The summed E-state index contributed by atoms with van der Waals surface area (Å²) in [5, 5.41) is 7.02. The van der Waals surface area contributed by atoms with Gasteiger partial charge in [0.2, 0.25) is 0 Å². The maximum absolute atomic E-state index is 5.69. The molecule has 1 aromatic carbocycles. The molecule has 0 fully saturated rings. The van der Waals surface area contributed by atoms with Crippen LogP contribution in [0.1, 0.15) is 5.56 Å². The molecule has 2 N–H and O–H groups in total. The van der Waals surface area contributed by atoms with Crippen molar-refractivity contribution in [2.75, 3.05) is 37.1 Å². The first-order chi connectivity index (χ1) is 10.2. The molecule has 0 amide bonds. The monoisotopic (exact) mass is 304 g/mol. The van der Waals surface area contributed by atoms with Gasteiger partial charge >= 0.3 is 0 Å². The Bertz CT molecular complexity index is 569. The summed E-state index contributed by atoms with van der Waals surface area (Å²) in [6.45, 7) is 3.31. The Morgan fingerprint density at radius 2 is 2.00 bits per heavy atom. The zero-order valence-corrected chi connectivity index (χ0v) is 13.3. The van der Waals surface area contributed by atoms with Crippen LogP contribution in [0.5, 0.6) is 5.75 Å². The van der Waals surface area contributed by atoms with Crippen molar-refractivity contribution in [1.29, 1.82) is 0 Å². The van der Waals surface area contributed by atoms with E-state index in [1.54, 1.807) is 0 Å². The topological polar surface area (TPSA) is 59.1 Å². The van der Waals surface area contributed by atoms with Crippen LogP contribution >= 0.6 is 11.8 Å². The Balaban J connectivity index is 1.85. The average molecular weight is 304 g/mol. The largest absolute Gasteiger partial charge is 0.492 e. The molecule has 1 heterocycles. The molecule has 0 unspecified atom stereocenters. The molecule has 6 heteroatoms. The SMILES string of the molecule is CNc1cc(NCCOc2cccc(C)c2)nc(SC)n1. The summed E-state index contributed by atoms with van der Waals surface area (Å²) in [6.07, 6.45) is 1.96. The summed E-state index contributed by atoms with van der Waals surface area (Å²) in [5.74, 6) is 2.49. The zero-order valence-electron chi connectivity index (χ0n) is 12.5. The minimum Gasteiger partial charge on any atom is -0.492 e. The van der Waals surface area contributed by atoms with E-state index in [0.717, 1.165) is 22.5 Å². The van der Waals surface area contributed by atoms with Crippen LogP contribution in [0.2, 0.25) is 0 Å². The number of ether oxygens (including phenoxy) is 1. The molecule has 2 rings (SSSR count). The molecule has 0 aliphatic heterocycles. The number of aromatic nitrogens is 2. The van der Waals surface area contributed by atoms with Crippen LogP contribution in [0.15, 0.2) is 35.5 Å². The molecule has 0 aliphatic carbocycles. The standard InChI is InChI=1S/C15H20N4OS/c1-11-5-4-6-12(9-11)20-8-7-17-14-10-13(16-2)18-15(19-14)21-3/h4-6,9-10H,7-8H2,1-3H3,(H2,16,17,18,19). The first-order valence-corrected chi connectivity index (χ1v) is 7.98. The van der Waals surface area contributed by atoms with Crippen molar-refractivity contribution in [1.82, 2.24) is 9.97 Å². The molecular weight excluding hydrogens is 284 g/mol. The minimum absolute atomic E-state index is 0.580. The number of aryl methyl sites for hydroxylation is 1. The number of rotatable bonds is 7. The Kier molecular flexibility index (Phi) is 5.68. The lowest BCUT2D eigenvalue weighted by Crippen LogP contribution is -2.13. The summed E-state index contributed by atoms with van der Waals surface area (Å²) >= 11 is 1.52. The van der Waals surface area contributed by atoms with Gasteiger partial charge in [-0.2, -0.15) is 0 Å². The summed E-state index contributed by atoms with van der Waals surface area (Å²) < 4.78 is 5.69. The van der Waals surface area contributed by atoms with E-state index >= 15 is 0 Å². The highest BCUT2D eigenvalue weighted by molar-refractivity contribution is 7.98. The van der Waals surface area contributed by atoms with E-state index in [0.29, 0.717) is 13.2 Å². The molecule has 1 aromatic heterocycles. The lowest BCUT2D eigenvalue weighted by atomic mass is 10.2. The second-order valence-electron chi connectivity index (χ2n) is 4.47. The van der Waals surface area contributed by atoms with Crippen molar-refractivity contribution in [3.8, 4) is 5.75 Å². The van der Waals surface area contributed by atoms with Gasteiger partial charge in [-0.3, -0.25) is 0 Å². The predicted octanol–water partition coefficient (Wildman–Crippen LogP) is 3.04. The van der Waals surface area contributed by atoms with Crippen molar-refractivity contribution >= 4 is 23.4 Å². The van der Waals surface area contributed by atoms with Gasteiger partial charge in [-0.15, -0.1) is 0 Å². The number of benzene rings is 1. The average Bonchev–Trinajstić information content (AvgIpc) is 2.51. The number of nitrogens with one attached hydrogen (secondary N) is 2. The highest BCUT2D eigenvalue weighted by atomic mass is 32.2. The van der Waals surface area contributed by atoms with Gasteiger partial charge in [-0.1, -0.05) is 23.9 Å². The highest BCUT2D eigenvalue weighted by Crippen LogP contribution is 2.17. The molecule has 0 aliphatic rings. The van der Waals surface area contributed by atoms with Crippen molar-refractivity contribution in [3.63, 3.8) is 0 Å². The normalized spacial score (nSPS) is 10.2. The molecule has 0 saturated carbocycles. The van der Waals surface area contributed by atoms with Gasteiger partial charge < -0.3 is 15.4 Å². The third-order valence-electron chi connectivity index (χ3n) is 2.81. The second kappa shape index (κ2) is 7.73. The van der Waals surface area contributed by atoms with Crippen molar-refractivity contribution in [3.05, 3.63) is 35.9 Å². The van der Waals surface area contributed by atoms with Gasteiger partial charge in [0.1, 0.15) is 24.0 Å². The fraction of sp³-hybridized carbons (Fsp3) is 0.333. The maximum atomic E-state index is 5.69. The van der Waals surface area contributed by atoms with Crippen molar-refractivity contribution < 1.29 is 4.74 Å². The minimum atomic E-state index is 0.580. The third kappa shape index (κ3) is 4.82. The third-order valence-corrected chi connectivity index (χ3v) is 3.36. The molecule has 2 aromatic rings. The molecule has 112 valence electrons. The lowest BCUT2D eigenvalue weighted by Gasteiger charge is -2.10. The van der Waals surface area contributed by atoms with Gasteiger partial charge in [-0.25, -0.2) is 9.97 Å². The van der Waals surface area contributed by atoms with Crippen LogP contribution in [0.25, 0.3) is 0 Å². The molecule has 21 heavy (non-hydrogen) atoms. The van der Waals surface area contributed by atoms with Gasteiger partial charge in [0.15, 0.2) is 5.16 Å². The summed E-state index contributed by atoms with van der Waals surface area (Å²) in [7, 11) is 1.84. The van der Waals surface area contributed by atoms with Gasteiger partial charge in [0, 0.05) is 13.1 Å². The molecule has 0 saturated heterocycles. The summed E-state index contributed by atoms with van der Waals surface area (Å²) in [5.41, 5.74) is 1.19. The highest BCUT2D eigenvalue weighted by Gasteiger charge is 2.02. The van der Waals surface area contributed by atoms with Crippen molar-refractivity contribution in [2.24, 2.45) is 0 Å². The van der Waals surface area contributed by atoms with Crippen LogP contribution < -0.4 is 15.4 Å². The molecular formula is C15H20N4OS. The Labute approximate surface area is 129 Å². The first-order valence-electron chi connectivity index (χ1n) is 6.75. The Hall–Kier alpha value is -1.95. The van der Waals surface area contributed by atoms with E-state index in [9.17, 15) is 0 Å². The second-order valence-corrected chi connectivity index (χ2v) is 5.24. The fourth-order valence-corrected chi connectivity index (χ4v) is 2.17. The van der Waals surface area contributed by atoms with E-state index in [2.05, 4.69) is 33.6 Å². The van der Waals surface area contributed by atoms with Crippen LogP contribution in [0, 0.1) is 6.92 Å². The van der Waals surface area contributed by atoms with E-state index < -0.39 is 0 Å². The fourth-order valence-electron chi connectivity index (χ4n) is 1.79. The molecule has 0 spiro atoms. The number of anilines is 2. The number of hydrogen-bond acceptors (Lipinski definition) is 6. The van der Waals surface area contributed by atoms with Crippen LogP contribution in [0.4, 0.5) is 11.6 Å². The Morgan fingerprint density at radius 1 is 1.19 bits per heavy atom. The molecule has 0 atom stereocenters. The van der Waals surface area contributed by atoms with Crippen LogP contribution in [-0.4, -0.2) is 36.4 Å². The summed E-state index contributed by atoms with van der Waals surface area (Å²) in [4.78, 5) is 8.73. The van der Waals surface area contributed by atoms with Gasteiger partial charge in [0.25, 0.3) is 0 Å². The quantitative estimate of drug-likeness (QED) is 0.466. The van der Waals surface area contributed by atoms with Crippen molar-refractivity contribution in [2.45, 2.75) is 12.1 Å². The van der Waals surface area contributed by atoms with Gasteiger partial charge in [0.05, 0.1) is 6.54 Å². The molecule has 0 bridgehead atoms. The smallest absolute Gasteiger partial charge is 0.191 e. The van der Waals surface area contributed by atoms with E-state index in [-0.39, 0.29) is 0 Å². The number of hydrogen-bond donors (Lipinski definition) is 2. The van der Waals surface area contributed by atoms with E-state index in [4.69, 9.17) is 4.74 Å². The number of nitrogens with zero attached hydrogens (tertiary/aromatic N) is 2. The molecule has 0 radical (unpaired) electrons. The Morgan fingerprint density at radius 3 is 2.71 bits per heavy atom. The molecule has 5 nitrogen and oxygen atoms in total. The van der Waals surface area contributed by atoms with E-state index in [1.165, 1.54) is 17.3 Å². The van der Waals surface area contributed by atoms with Crippen LogP contribution in [-0.2, 0) is 0 Å². The van der Waals surface area contributed by atoms with Gasteiger partial charge in [-0.05, 0) is 30.9 Å². The zero-order chi connectivity index (χ0) is 15.1.